The third-order valence-corrected chi connectivity index (χ3v) is 2.51. The van der Waals surface area contributed by atoms with Crippen LogP contribution in [-0.4, -0.2) is 21.8 Å². The molecule has 1 aromatic carbocycles. The number of nitrogens with one attached hydrogen (secondary N) is 1. The molecule has 0 saturated heterocycles. The van der Waals surface area contributed by atoms with Crippen molar-refractivity contribution in [3.05, 3.63) is 41.3 Å². The smallest absolute Gasteiger partial charge is 0.267 e. The van der Waals surface area contributed by atoms with E-state index in [-0.39, 0.29) is 5.69 Å². The molecule has 2 rings (SSSR count). The molecule has 0 spiro atoms. The molecule has 0 aliphatic rings. The number of carbonyl (C=O) groups excluding carboxylic acids is 2. The molecular formula is C12H12N4O2. The van der Waals surface area contributed by atoms with Gasteiger partial charge in [0.1, 0.15) is 17.2 Å². The number of primary amides is 2. The number of rotatable bonds is 3. The minimum absolute atomic E-state index is 0.249. The molecule has 0 fully saturated rings. The molecule has 0 saturated carbocycles. The third-order valence-electron chi connectivity index (χ3n) is 2.51. The van der Waals surface area contributed by atoms with E-state index < -0.39 is 11.8 Å². The number of amides is 2. The fourth-order valence-electron chi connectivity index (χ4n) is 1.67. The summed E-state index contributed by atoms with van der Waals surface area (Å²) in [5.41, 5.74) is 12.2. The molecule has 92 valence electrons. The van der Waals surface area contributed by atoms with Crippen molar-refractivity contribution in [1.29, 1.82) is 0 Å². The van der Waals surface area contributed by atoms with Crippen molar-refractivity contribution in [3.8, 4) is 11.3 Å². The Kier molecular flexibility index (Phi) is 2.85. The Balaban J connectivity index is 2.48. The molecule has 2 amide bonds. The molecule has 6 heteroatoms. The fourth-order valence-corrected chi connectivity index (χ4v) is 1.67. The quantitative estimate of drug-likeness (QED) is 0.733. The number of aromatic amines is 1. The van der Waals surface area contributed by atoms with Gasteiger partial charge in [-0.05, 0) is 19.1 Å². The van der Waals surface area contributed by atoms with E-state index in [0.717, 1.165) is 0 Å². The second-order valence-corrected chi connectivity index (χ2v) is 3.85. The van der Waals surface area contributed by atoms with Crippen molar-refractivity contribution in [1.82, 2.24) is 9.97 Å². The highest BCUT2D eigenvalue weighted by atomic mass is 16.1. The van der Waals surface area contributed by atoms with Gasteiger partial charge in [0.2, 0.25) is 5.91 Å². The van der Waals surface area contributed by atoms with Gasteiger partial charge in [-0.1, -0.05) is 12.1 Å². The predicted octanol–water partition coefficient (Wildman–Crippen LogP) is 0.583. The van der Waals surface area contributed by atoms with E-state index in [2.05, 4.69) is 9.97 Å². The summed E-state index contributed by atoms with van der Waals surface area (Å²) in [5.74, 6) is -0.489. The molecule has 1 heterocycles. The van der Waals surface area contributed by atoms with E-state index >= 15 is 0 Å². The minimum Gasteiger partial charge on any atom is -0.366 e. The Hall–Kier alpha value is -2.63. The lowest BCUT2D eigenvalue weighted by Crippen LogP contribution is -2.13. The lowest BCUT2D eigenvalue weighted by atomic mass is 10.1. The van der Waals surface area contributed by atoms with Crippen LogP contribution in [0.3, 0.4) is 0 Å². The van der Waals surface area contributed by atoms with Gasteiger partial charge < -0.3 is 16.5 Å². The van der Waals surface area contributed by atoms with Gasteiger partial charge >= 0.3 is 0 Å². The Labute approximate surface area is 103 Å². The first-order chi connectivity index (χ1) is 8.49. The van der Waals surface area contributed by atoms with Crippen LogP contribution in [-0.2, 0) is 0 Å². The van der Waals surface area contributed by atoms with Gasteiger partial charge in [-0.3, -0.25) is 9.59 Å². The van der Waals surface area contributed by atoms with Gasteiger partial charge in [-0.25, -0.2) is 4.98 Å². The lowest BCUT2D eigenvalue weighted by molar-refractivity contribution is 0.0989. The molecule has 0 aliphatic heterocycles. The molecule has 0 unspecified atom stereocenters. The number of hydrogen-bond donors (Lipinski definition) is 3. The highest BCUT2D eigenvalue weighted by Crippen LogP contribution is 2.21. The number of imidazole rings is 1. The summed E-state index contributed by atoms with van der Waals surface area (Å²) in [7, 11) is 0. The van der Waals surface area contributed by atoms with E-state index in [1.54, 1.807) is 31.2 Å². The third kappa shape index (κ3) is 2.08. The van der Waals surface area contributed by atoms with Crippen LogP contribution in [0.15, 0.2) is 24.3 Å². The summed E-state index contributed by atoms with van der Waals surface area (Å²) in [4.78, 5) is 29.2. The number of nitrogens with zero attached hydrogens (tertiary/aromatic N) is 1. The number of nitrogens with two attached hydrogens (primary N) is 2. The maximum Gasteiger partial charge on any atom is 0.267 e. The SMILES string of the molecule is Cc1nc(-c2ccc(C(N)=O)cc2)c(C(N)=O)[nH]1. The summed E-state index contributed by atoms with van der Waals surface area (Å²) in [6.07, 6.45) is 0. The number of H-pyrrole nitrogens is 1. The van der Waals surface area contributed by atoms with E-state index in [1.165, 1.54) is 0 Å². The molecule has 0 bridgehead atoms. The Morgan fingerprint density at radius 2 is 1.72 bits per heavy atom. The van der Waals surface area contributed by atoms with E-state index in [1.807, 2.05) is 0 Å². The molecule has 0 radical (unpaired) electrons. The first kappa shape index (κ1) is 11.8. The van der Waals surface area contributed by atoms with Crippen LogP contribution < -0.4 is 11.5 Å². The highest BCUT2D eigenvalue weighted by Gasteiger charge is 2.15. The van der Waals surface area contributed by atoms with Gasteiger partial charge in [-0.2, -0.15) is 0 Å². The first-order valence-corrected chi connectivity index (χ1v) is 5.25. The molecule has 1 aromatic heterocycles. The van der Waals surface area contributed by atoms with Crippen molar-refractivity contribution in [2.45, 2.75) is 6.92 Å². The van der Waals surface area contributed by atoms with E-state index in [0.29, 0.717) is 22.6 Å². The standard InChI is InChI=1S/C12H12N4O2/c1-6-15-9(10(16-6)12(14)18)7-2-4-8(5-3-7)11(13)17/h2-5H,1H3,(H2,13,17)(H2,14,18)(H,15,16). The zero-order valence-electron chi connectivity index (χ0n) is 9.73. The summed E-state index contributed by atoms with van der Waals surface area (Å²) in [5, 5.41) is 0. The molecule has 5 N–H and O–H groups in total. The summed E-state index contributed by atoms with van der Waals surface area (Å²) in [6.45, 7) is 1.73. The van der Waals surface area contributed by atoms with Crippen LogP contribution in [0.5, 0.6) is 0 Å². The fraction of sp³-hybridized carbons (Fsp3) is 0.0833. The molecule has 0 atom stereocenters. The average Bonchev–Trinajstić information content (AvgIpc) is 2.71. The molecular weight excluding hydrogens is 232 g/mol. The Morgan fingerprint density at radius 3 is 2.22 bits per heavy atom. The first-order valence-electron chi connectivity index (χ1n) is 5.25. The van der Waals surface area contributed by atoms with Crippen LogP contribution >= 0.6 is 0 Å². The maximum absolute atomic E-state index is 11.3. The van der Waals surface area contributed by atoms with E-state index in [9.17, 15) is 9.59 Å². The van der Waals surface area contributed by atoms with Gasteiger partial charge in [0.05, 0.1) is 0 Å². The molecule has 2 aromatic rings. The number of hydrogen-bond acceptors (Lipinski definition) is 3. The van der Waals surface area contributed by atoms with Crippen LogP contribution in [0.25, 0.3) is 11.3 Å². The van der Waals surface area contributed by atoms with Gasteiger partial charge in [0.15, 0.2) is 0 Å². The summed E-state index contributed by atoms with van der Waals surface area (Å²) in [6, 6.07) is 6.49. The number of benzene rings is 1. The molecule has 18 heavy (non-hydrogen) atoms. The lowest BCUT2D eigenvalue weighted by Gasteiger charge is -2.00. The number of aryl methyl sites for hydroxylation is 1. The summed E-state index contributed by atoms with van der Waals surface area (Å²) >= 11 is 0. The van der Waals surface area contributed by atoms with Crippen LogP contribution in [0.1, 0.15) is 26.7 Å². The zero-order chi connectivity index (χ0) is 13.3. The van der Waals surface area contributed by atoms with Crippen molar-refractivity contribution < 1.29 is 9.59 Å². The monoisotopic (exact) mass is 244 g/mol. The zero-order valence-corrected chi connectivity index (χ0v) is 9.73. The molecule has 6 nitrogen and oxygen atoms in total. The Bertz CT molecular complexity index is 614. The molecule has 0 aliphatic carbocycles. The number of carbonyl (C=O) groups is 2. The van der Waals surface area contributed by atoms with Crippen molar-refractivity contribution in [2.75, 3.05) is 0 Å². The minimum atomic E-state index is -0.579. The van der Waals surface area contributed by atoms with E-state index in [4.69, 9.17) is 11.5 Å². The average molecular weight is 244 g/mol. The van der Waals surface area contributed by atoms with Gasteiger partial charge in [-0.15, -0.1) is 0 Å². The highest BCUT2D eigenvalue weighted by molar-refractivity contribution is 5.97. The van der Waals surface area contributed by atoms with Crippen LogP contribution in [0.2, 0.25) is 0 Å². The van der Waals surface area contributed by atoms with Crippen LogP contribution in [0.4, 0.5) is 0 Å². The second-order valence-electron chi connectivity index (χ2n) is 3.85. The predicted molar refractivity (Wildman–Crippen MR) is 65.8 cm³/mol. The van der Waals surface area contributed by atoms with Crippen LogP contribution in [0, 0.1) is 6.92 Å². The van der Waals surface area contributed by atoms with Gasteiger partial charge in [0.25, 0.3) is 5.91 Å². The van der Waals surface area contributed by atoms with Crippen molar-refractivity contribution in [3.63, 3.8) is 0 Å². The normalized spacial score (nSPS) is 10.3. The number of aromatic nitrogens is 2. The maximum atomic E-state index is 11.3. The van der Waals surface area contributed by atoms with Gasteiger partial charge in [0, 0.05) is 11.1 Å². The summed E-state index contributed by atoms with van der Waals surface area (Å²) < 4.78 is 0. The van der Waals surface area contributed by atoms with Crippen molar-refractivity contribution >= 4 is 11.8 Å². The largest absolute Gasteiger partial charge is 0.366 e. The van der Waals surface area contributed by atoms with Crippen molar-refractivity contribution in [2.24, 2.45) is 11.5 Å². The Morgan fingerprint density at radius 1 is 1.11 bits per heavy atom. The topological polar surface area (TPSA) is 115 Å². The second kappa shape index (κ2) is 4.33.